The van der Waals surface area contributed by atoms with Crippen molar-refractivity contribution < 1.29 is 4.39 Å². The van der Waals surface area contributed by atoms with Crippen LogP contribution in [0.2, 0.25) is 0 Å². The van der Waals surface area contributed by atoms with Crippen LogP contribution in [0, 0.1) is 5.82 Å². The Morgan fingerprint density at radius 1 is 0.944 bits per heavy atom. The molecule has 0 saturated carbocycles. The van der Waals surface area contributed by atoms with Gasteiger partial charge >= 0.3 is 0 Å². The van der Waals surface area contributed by atoms with Gasteiger partial charge in [0.25, 0.3) is 0 Å². The van der Waals surface area contributed by atoms with Crippen LogP contribution in [0.1, 0.15) is 31.0 Å². The fourth-order valence-corrected chi connectivity index (χ4v) is 2.13. The monoisotopic (exact) mass is 243 g/mol. The lowest BCUT2D eigenvalue weighted by molar-refractivity contribution is 0.420. The minimum atomic E-state index is -0.233. The van der Waals surface area contributed by atoms with Crippen LogP contribution in [-0.2, 0) is 5.41 Å². The van der Waals surface area contributed by atoms with Gasteiger partial charge in [-0.05, 0) is 23.3 Å². The maximum absolute atomic E-state index is 12.9. The summed E-state index contributed by atoms with van der Waals surface area (Å²) in [6.07, 6.45) is 0. The summed E-state index contributed by atoms with van der Waals surface area (Å²) in [5.74, 6) is -0.233. The first-order chi connectivity index (χ1) is 8.51. The third kappa shape index (κ3) is 2.44. The van der Waals surface area contributed by atoms with Gasteiger partial charge in [-0.2, -0.15) is 0 Å². The molecule has 0 fully saturated rings. The average molecular weight is 243 g/mol. The third-order valence-electron chi connectivity index (χ3n) is 3.52. The number of hydrogen-bond donors (Lipinski definition) is 1. The molecule has 0 bridgehead atoms. The molecule has 0 aliphatic carbocycles. The van der Waals surface area contributed by atoms with Crippen molar-refractivity contribution in [3.05, 3.63) is 71.5 Å². The minimum Gasteiger partial charge on any atom is -0.323 e. The van der Waals surface area contributed by atoms with E-state index in [9.17, 15) is 4.39 Å². The van der Waals surface area contributed by atoms with Crippen LogP contribution in [0.3, 0.4) is 0 Å². The molecule has 1 atom stereocenters. The molecule has 0 heterocycles. The summed E-state index contributed by atoms with van der Waals surface area (Å²) in [6.45, 7) is 4.21. The molecule has 2 rings (SSSR count). The topological polar surface area (TPSA) is 26.0 Å². The molecule has 0 aromatic heterocycles. The molecule has 1 unspecified atom stereocenters. The van der Waals surface area contributed by atoms with Crippen molar-refractivity contribution in [2.75, 3.05) is 0 Å². The molecule has 2 heteroatoms. The lowest BCUT2D eigenvalue weighted by Crippen LogP contribution is -2.33. The first-order valence-corrected chi connectivity index (χ1v) is 6.08. The van der Waals surface area contributed by atoms with Crippen molar-refractivity contribution in [3.63, 3.8) is 0 Å². The van der Waals surface area contributed by atoms with E-state index in [1.807, 2.05) is 18.2 Å². The van der Waals surface area contributed by atoms with E-state index < -0.39 is 0 Å². The van der Waals surface area contributed by atoms with Gasteiger partial charge in [-0.3, -0.25) is 0 Å². The van der Waals surface area contributed by atoms with Crippen molar-refractivity contribution in [1.82, 2.24) is 0 Å². The maximum Gasteiger partial charge on any atom is 0.123 e. The molecule has 0 saturated heterocycles. The molecule has 2 N–H and O–H groups in total. The van der Waals surface area contributed by atoms with Crippen molar-refractivity contribution in [2.45, 2.75) is 25.3 Å². The van der Waals surface area contributed by atoms with Gasteiger partial charge in [0.15, 0.2) is 0 Å². The van der Waals surface area contributed by atoms with E-state index in [0.29, 0.717) is 0 Å². The molecule has 0 radical (unpaired) electrons. The van der Waals surface area contributed by atoms with Crippen LogP contribution in [0.4, 0.5) is 4.39 Å². The Morgan fingerprint density at radius 2 is 1.50 bits per heavy atom. The molecule has 0 aliphatic heterocycles. The van der Waals surface area contributed by atoms with Gasteiger partial charge in [0.05, 0.1) is 0 Å². The van der Waals surface area contributed by atoms with Crippen LogP contribution in [-0.4, -0.2) is 0 Å². The normalized spacial score (nSPS) is 13.3. The van der Waals surface area contributed by atoms with Gasteiger partial charge in [-0.15, -0.1) is 0 Å². The smallest absolute Gasteiger partial charge is 0.123 e. The SMILES string of the molecule is CC(C)(c1ccccc1)C(N)c1ccc(F)cc1. The summed E-state index contributed by atoms with van der Waals surface area (Å²) in [6, 6.07) is 16.4. The fraction of sp³-hybridized carbons (Fsp3) is 0.250. The maximum atomic E-state index is 12.9. The van der Waals surface area contributed by atoms with Gasteiger partial charge in [-0.1, -0.05) is 56.3 Å². The highest BCUT2D eigenvalue weighted by Crippen LogP contribution is 2.34. The lowest BCUT2D eigenvalue weighted by Gasteiger charge is -2.32. The van der Waals surface area contributed by atoms with Crippen LogP contribution in [0.5, 0.6) is 0 Å². The van der Waals surface area contributed by atoms with Gasteiger partial charge in [-0.25, -0.2) is 4.39 Å². The Kier molecular flexibility index (Phi) is 3.48. The highest BCUT2D eigenvalue weighted by atomic mass is 19.1. The number of nitrogens with two attached hydrogens (primary N) is 1. The zero-order valence-corrected chi connectivity index (χ0v) is 10.7. The molecule has 0 spiro atoms. The number of rotatable bonds is 3. The fourth-order valence-electron chi connectivity index (χ4n) is 2.13. The predicted molar refractivity (Wildman–Crippen MR) is 72.8 cm³/mol. The van der Waals surface area contributed by atoms with Crippen molar-refractivity contribution in [3.8, 4) is 0 Å². The summed E-state index contributed by atoms with van der Waals surface area (Å²) in [5, 5.41) is 0. The first kappa shape index (κ1) is 12.8. The second-order valence-corrected chi connectivity index (χ2v) is 5.12. The van der Waals surface area contributed by atoms with Crippen LogP contribution < -0.4 is 5.73 Å². The van der Waals surface area contributed by atoms with Gasteiger partial charge < -0.3 is 5.73 Å². The molecule has 94 valence electrons. The van der Waals surface area contributed by atoms with Crippen LogP contribution in [0.25, 0.3) is 0 Å². The third-order valence-corrected chi connectivity index (χ3v) is 3.52. The van der Waals surface area contributed by atoms with E-state index >= 15 is 0 Å². The first-order valence-electron chi connectivity index (χ1n) is 6.08. The standard InChI is InChI=1S/C16H18FN/c1-16(2,13-6-4-3-5-7-13)15(18)12-8-10-14(17)11-9-12/h3-11,15H,18H2,1-2H3. The van der Waals surface area contributed by atoms with E-state index in [1.165, 1.54) is 17.7 Å². The van der Waals surface area contributed by atoms with Crippen LogP contribution in [0.15, 0.2) is 54.6 Å². The Balaban J connectivity index is 2.32. The highest BCUT2D eigenvalue weighted by molar-refractivity contribution is 5.31. The number of benzene rings is 2. The highest BCUT2D eigenvalue weighted by Gasteiger charge is 2.29. The Bertz CT molecular complexity index is 502. The quantitative estimate of drug-likeness (QED) is 0.871. The molecule has 0 amide bonds. The Labute approximate surface area is 107 Å². The number of halogens is 1. The van der Waals surface area contributed by atoms with E-state index in [-0.39, 0.29) is 17.3 Å². The molecular weight excluding hydrogens is 225 g/mol. The zero-order valence-electron chi connectivity index (χ0n) is 10.7. The minimum absolute atomic E-state index is 0.166. The summed E-state index contributed by atoms with van der Waals surface area (Å²) >= 11 is 0. The predicted octanol–water partition coefficient (Wildman–Crippen LogP) is 3.80. The molecule has 0 aliphatic rings. The second-order valence-electron chi connectivity index (χ2n) is 5.12. The van der Waals surface area contributed by atoms with Crippen LogP contribution >= 0.6 is 0 Å². The zero-order chi connectivity index (χ0) is 13.2. The Hall–Kier alpha value is -1.67. The largest absolute Gasteiger partial charge is 0.323 e. The lowest BCUT2D eigenvalue weighted by atomic mass is 9.75. The summed E-state index contributed by atoms with van der Waals surface area (Å²) in [5.41, 5.74) is 8.27. The van der Waals surface area contributed by atoms with Gasteiger partial charge in [0.2, 0.25) is 0 Å². The van der Waals surface area contributed by atoms with E-state index in [2.05, 4.69) is 26.0 Å². The van der Waals surface area contributed by atoms with Crippen molar-refractivity contribution in [1.29, 1.82) is 0 Å². The average Bonchev–Trinajstić information content (AvgIpc) is 2.40. The van der Waals surface area contributed by atoms with E-state index in [4.69, 9.17) is 5.73 Å². The Morgan fingerprint density at radius 3 is 2.06 bits per heavy atom. The summed E-state index contributed by atoms with van der Waals surface area (Å²) in [4.78, 5) is 0. The van der Waals surface area contributed by atoms with E-state index in [0.717, 1.165) is 5.56 Å². The molecule has 1 nitrogen and oxygen atoms in total. The van der Waals surface area contributed by atoms with Crippen molar-refractivity contribution in [2.24, 2.45) is 5.73 Å². The second kappa shape index (κ2) is 4.91. The summed E-state index contributed by atoms with van der Waals surface area (Å²) < 4.78 is 12.9. The molecular formula is C16H18FN. The van der Waals surface area contributed by atoms with Gasteiger partial charge in [0.1, 0.15) is 5.82 Å². The molecule has 2 aromatic carbocycles. The van der Waals surface area contributed by atoms with Gasteiger partial charge in [0, 0.05) is 11.5 Å². The summed E-state index contributed by atoms with van der Waals surface area (Å²) in [7, 11) is 0. The number of hydrogen-bond acceptors (Lipinski definition) is 1. The van der Waals surface area contributed by atoms with E-state index in [1.54, 1.807) is 12.1 Å². The molecule has 18 heavy (non-hydrogen) atoms. The van der Waals surface area contributed by atoms with Crippen molar-refractivity contribution >= 4 is 0 Å². The molecule has 2 aromatic rings.